The Hall–Kier alpha value is -4.01. The molecule has 0 bridgehead atoms. The summed E-state index contributed by atoms with van der Waals surface area (Å²) in [6.45, 7) is 2.96. The van der Waals surface area contributed by atoms with Crippen molar-refractivity contribution in [2.45, 2.75) is 13.8 Å². The number of nitrogens with zero attached hydrogens (tertiary/aromatic N) is 3. The first-order chi connectivity index (χ1) is 13.8. The molecule has 2 aromatic carbocycles. The number of anilines is 1. The fourth-order valence-electron chi connectivity index (χ4n) is 2.63. The molecule has 29 heavy (non-hydrogen) atoms. The number of benzene rings is 2. The van der Waals surface area contributed by atoms with E-state index in [1.54, 1.807) is 49.4 Å². The van der Waals surface area contributed by atoms with Crippen molar-refractivity contribution in [1.82, 2.24) is 9.78 Å². The smallest absolute Gasteiger partial charge is 0.269 e. The molecule has 0 unspecified atom stereocenters. The van der Waals surface area contributed by atoms with Gasteiger partial charge in [-0.2, -0.15) is 5.10 Å². The summed E-state index contributed by atoms with van der Waals surface area (Å²) in [6, 6.07) is 14.1. The van der Waals surface area contributed by atoms with Crippen molar-refractivity contribution in [3.8, 4) is 11.4 Å². The standard InChI is InChI=1S/C20H18N4O5/c1-13-10-19(23(22-13)16-6-8-17(9-7-16)24(27)28)21-20(26)12-29-18-5-3-4-15(11-18)14(2)25/h3-11H,12H2,1-2H3,(H,21,26). The lowest BCUT2D eigenvalue weighted by Crippen LogP contribution is -2.22. The van der Waals surface area contributed by atoms with E-state index in [9.17, 15) is 19.7 Å². The van der Waals surface area contributed by atoms with Gasteiger partial charge in [0.05, 0.1) is 16.3 Å². The average Bonchev–Trinajstić information content (AvgIpc) is 3.06. The number of ketones is 1. The van der Waals surface area contributed by atoms with Crippen molar-refractivity contribution in [2.75, 3.05) is 11.9 Å². The van der Waals surface area contributed by atoms with Crippen LogP contribution in [0.1, 0.15) is 23.0 Å². The number of rotatable bonds is 7. The topological polar surface area (TPSA) is 116 Å². The van der Waals surface area contributed by atoms with Crippen LogP contribution in [0.2, 0.25) is 0 Å². The molecule has 0 saturated carbocycles. The Kier molecular flexibility index (Phi) is 5.68. The number of hydrogen-bond acceptors (Lipinski definition) is 6. The third-order valence-electron chi connectivity index (χ3n) is 4.01. The monoisotopic (exact) mass is 394 g/mol. The van der Waals surface area contributed by atoms with Gasteiger partial charge in [0.25, 0.3) is 11.6 Å². The van der Waals surface area contributed by atoms with Crippen molar-refractivity contribution in [1.29, 1.82) is 0 Å². The number of nitrogens with one attached hydrogen (secondary N) is 1. The van der Waals surface area contributed by atoms with Crippen molar-refractivity contribution >= 4 is 23.2 Å². The van der Waals surface area contributed by atoms with Gasteiger partial charge in [0.15, 0.2) is 12.4 Å². The molecule has 3 aromatic rings. The molecule has 3 rings (SSSR count). The van der Waals surface area contributed by atoms with E-state index in [1.807, 2.05) is 0 Å². The number of nitro groups is 1. The largest absolute Gasteiger partial charge is 0.484 e. The maximum Gasteiger partial charge on any atom is 0.269 e. The van der Waals surface area contributed by atoms with Gasteiger partial charge < -0.3 is 10.1 Å². The zero-order valence-corrected chi connectivity index (χ0v) is 15.8. The number of non-ortho nitro benzene ring substituents is 1. The van der Waals surface area contributed by atoms with Crippen LogP contribution in [0.25, 0.3) is 5.69 Å². The first-order valence-electron chi connectivity index (χ1n) is 8.68. The summed E-state index contributed by atoms with van der Waals surface area (Å²) >= 11 is 0. The molecule has 0 aliphatic carbocycles. The predicted molar refractivity (Wildman–Crippen MR) is 106 cm³/mol. The number of carbonyl (C=O) groups is 2. The molecular formula is C20H18N4O5. The normalized spacial score (nSPS) is 10.4. The predicted octanol–water partition coefficient (Wildman–Crippen LogP) is 3.31. The summed E-state index contributed by atoms with van der Waals surface area (Å²) in [5.74, 6) is 0.305. The van der Waals surface area contributed by atoms with E-state index in [0.717, 1.165) is 0 Å². The van der Waals surface area contributed by atoms with E-state index in [1.165, 1.54) is 23.7 Å². The molecule has 1 N–H and O–H groups in total. The molecular weight excluding hydrogens is 376 g/mol. The summed E-state index contributed by atoms with van der Waals surface area (Å²) in [4.78, 5) is 34.1. The molecule has 0 aliphatic heterocycles. The Morgan fingerprint density at radius 1 is 1.17 bits per heavy atom. The summed E-state index contributed by atoms with van der Waals surface area (Å²) in [6.07, 6.45) is 0. The lowest BCUT2D eigenvalue weighted by atomic mass is 10.1. The molecule has 0 fully saturated rings. The van der Waals surface area contributed by atoms with Crippen LogP contribution < -0.4 is 10.1 Å². The van der Waals surface area contributed by atoms with E-state index in [4.69, 9.17) is 4.74 Å². The highest BCUT2D eigenvalue weighted by Gasteiger charge is 2.13. The Balaban J connectivity index is 1.70. The van der Waals surface area contributed by atoms with Crippen LogP contribution in [0, 0.1) is 17.0 Å². The van der Waals surface area contributed by atoms with E-state index in [0.29, 0.717) is 28.5 Å². The molecule has 0 radical (unpaired) electrons. The van der Waals surface area contributed by atoms with Gasteiger partial charge in [-0.05, 0) is 38.1 Å². The molecule has 0 aliphatic rings. The van der Waals surface area contributed by atoms with Crippen LogP contribution in [0.3, 0.4) is 0 Å². The third kappa shape index (κ3) is 4.83. The van der Waals surface area contributed by atoms with Gasteiger partial charge in [0, 0.05) is 23.8 Å². The highest BCUT2D eigenvalue weighted by atomic mass is 16.6. The van der Waals surface area contributed by atoms with Crippen molar-refractivity contribution in [3.63, 3.8) is 0 Å². The summed E-state index contributed by atoms with van der Waals surface area (Å²) in [5.41, 5.74) is 1.68. The number of Topliss-reactive ketones (excluding diaryl/α,β-unsaturated/α-hetero) is 1. The van der Waals surface area contributed by atoms with Gasteiger partial charge in [-0.15, -0.1) is 0 Å². The van der Waals surface area contributed by atoms with Gasteiger partial charge in [-0.25, -0.2) is 4.68 Å². The summed E-state index contributed by atoms with van der Waals surface area (Å²) in [5, 5.41) is 17.8. The van der Waals surface area contributed by atoms with Crippen LogP contribution in [0.5, 0.6) is 5.75 Å². The maximum absolute atomic E-state index is 12.3. The Labute approximate surface area is 166 Å². The van der Waals surface area contributed by atoms with Gasteiger partial charge in [-0.1, -0.05) is 12.1 Å². The molecule has 9 nitrogen and oxygen atoms in total. The van der Waals surface area contributed by atoms with Gasteiger partial charge in [0.1, 0.15) is 11.6 Å². The minimum absolute atomic E-state index is 0.0376. The van der Waals surface area contributed by atoms with E-state index in [2.05, 4.69) is 10.4 Å². The fourth-order valence-corrected chi connectivity index (χ4v) is 2.63. The van der Waals surface area contributed by atoms with Gasteiger partial charge >= 0.3 is 0 Å². The van der Waals surface area contributed by atoms with E-state index < -0.39 is 10.8 Å². The molecule has 0 atom stereocenters. The van der Waals surface area contributed by atoms with Crippen LogP contribution in [0.4, 0.5) is 11.5 Å². The number of aromatic nitrogens is 2. The molecule has 1 heterocycles. The molecule has 1 aromatic heterocycles. The number of ether oxygens (including phenoxy) is 1. The Bertz CT molecular complexity index is 1070. The van der Waals surface area contributed by atoms with Crippen LogP contribution in [-0.4, -0.2) is 33.0 Å². The van der Waals surface area contributed by atoms with E-state index in [-0.39, 0.29) is 18.1 Å². The number of carbonyl (C=O) groups excluding carboxylic acids is 2. The maximum atomic E-state index is 12.3. The minimum atomic E-state index is -0.487. The lowest BCUT2D eigenvalue weighted by Gasteiger charge is -2.10. The Morgan fingerprint density at radius 2 is 1.90 bits per heavy atom. The highest BCUT2D eigenvalue weighted by Crippen LogP contribution is 2.20. The first-order valence-corrected chi connectivity index (χ1v) is 8.68. The van der Waals surface area contributed by atoms with E-state index >= 15 is 0 Å². The molecule has 0 spiro atoms. The second kappa shape index (κ2) is 8.34. The second-order valence-corrected chi connectivity index (χ2v) is 6.28. The average molecular weight is 394 g/mol. The van der Waals surface area contributed by atoms with Crippen molar-refractivity contribution in [3.05, 3.63) is 76.0 Å². The molecule has 148 valence electrons. The van der Waals surface area contributed by atoms with Crippen LogP contribution >= 0.6 is 0 Å². The SMILES string of the molecule is CC(=O)c1cccc(OCC(=O)Nc2cc(C)nn2-c2ccc([N+](=O)[O-])cc2)c1. The fraction of sp³-hybridized carbons (Fsp3) is 0.150. The zero-order chi connectivity index (χ0) is 21.0. The third-order valence-corrected chi connectivity index (χ3v) is 4.01. The summed E-state index contributed by atoms with van der Waals surface area (Å²) < 4.78 is 6.94. The second-order valence-electron chi connectivity index (χ2n) is 6.28. The van der Waals surface area contributed by atoms with Crippen molar-refractivity contribution in [2.24, 2.45) is 0 Å². The number of hydrogen-bond donors (Lipinski definition) is 1. The Morgan fingerprint density at radius 3 is 2.55 bits per heavy atom. The first kappa shape index (κ1) is 19.7. The summed E-state index contributed by atoms with van der Waals surface area (Å²) in [7, 11) is 0. The lowest BCUT2D eigenvalue weighted by molar-refractivity contribution is -0.384. The minimum Gasteiger partial charge on any atom is -0.484 e. The van der Waals surface area contributed by atoms with Crippen LogP contribution in [-0.2, 0) is 4.79 Å². The number of amides is 1. The molecule has 9 heteroatoms. The zero-order valence-electron chi connectivity index (χ0n) is 15.8. The molecule has 1 amide bonds. The number of nitro benzene ring substituents is 1. The number of aryl methyl sites for hydroxylation is 1. The quantitative estimate of drug-likeness (QED) is 0.373. The molecule has 0 saturated heterocycles. The van der Waals surface area contributed by atoms with Crippen molar-refractivity contribution < 1.29 is 19.2 Å². The van der Waals surface area contributed by atoms with Gasteiger partial charge in [-0.3, -0.25) is 19.7 Å². The highest BCUT2D eigenvalue weighted by molar-refractivity contribution is 5.94. The van der Waals surface area contributed by atoms with Gasteiger partial charge in [0.2, 0.25) is 0 Å². The van der Waals surface area contributed by atoms with Crippen LogP contribution in [0.15, 0.2) is 54.6 Å².